The normalized spacial score (nSPS) is 15.7. The van der Waals surface area contributed by atoms with Crippen LogP contribution in [0.4, 0.5) is 0 Å². The Morgan fingerprint density at radius 2 is 1.87 bits per heavy atom. The van der Waals surface area contributed by atoms with Gasteiger partial charge in [0, 0.05) is 68.2 Å². The van der Waals surface area contributed by atoms with Crippen LogP contribution < -0.4 is 5.32 Å². The van der Waals surface area contributed by atoms with Gasteiger partial charge >= 0.3 is 0 Å². The molecular formula is C24H27ClN4O2. The van der Waals surface area contributed by atoms with E-state index in [0.717, 1.165) is 41.1 Å². The highest BCUT2D eigenvalue weighted by Crippen LogP contribution is 2.20. The van der Waals surface area contributed by atoms with Gasteiger partial charge < -0.3 is 15.2 Å². The quantitative estimate of drug-likeness (QED) is 0.621. The van der Waals surface area contributed by atoms with Crippen molar-refractivity contribution < 1.29 is 9.59 Å². The zero-order valence-electron chi connectivity index (χ0n) is 17.6. The number of halogens is 1. The number of aromatic nitrogens is 1. The highest BCUT2D eigenvalue weighted by molar-refractivity contribution is 6.30. The van der Waals surface area contributed by atoms with Crippen molar-refractivity contribution >= 4 is 34.3 Å². The molecule has 1 aliphatic heterocycles. The van der Waals surface area contributed by atoms with Gasteiger partial charge in [0.25, 0.3) is 0 Å². The van der Waals surface area contributed by atoms with E-state index in [1.54, 1.807) is 0 Å². The molecule has 2 aromatic carbocycles. The van der Waals surface area contributed by atoms with Crippen molar-refractivity contribution in [2.45, 2.75) is 25.9 Å². The fraction of sp³-hybridized carbons (Fsp3) is 0.333. The molecule has 4 rings (SSSR count). The average molecular weight is 439 g/mol. The predicted octanol–water partition coefficient (Wildman–Crippen LogP) is 3.21. The number of hydrogen-bond acceptors (Lipinski definition) is 3. The third-order valence-corrected chi connectivity index (χ3v) is 5.99. The van der Waals surface area contributed by atoms with Crippen LogP contribution in [-0.4, -0.2) is 58.8 Å². The molecule has 1 atom stereocenters. The molecule has 31 heavy (non-hydrogen) atoms. The van der Waals surface area contributed by atoms with E-state index in [2.05, 4.69) is 21.3 Å². The highest BCUT2D eigenvalue weighted by Gasteiger charge is 2.29. The summed E-state index contributed by atoms with van der Waals surface area (Å²) in [5.41, 5.74) is 3.23. The molecule has 1 aromatic heterocycles. The molecule has 0 spiro atoms. The minimum atomic E-state index is -0.573. The maximum atomic E-state index is 13.3. The van der Waals surface area contributed by atoms with Crippen molar-refractivity contribution in [1.82, 2.24) is 20.1 Å². The summed E-state index contributed by atoms with van der Waals surface area (Å²) in [7, 11) is 0. The molecule has 0 bridgehead atoms. The van der Waals surface area contributed by atoms with Gasteiger partial charge in [-0.2, -0.15) is 0 Å². The highest BCUT2D eigenvalue weighted by atomic mass is 35.5. The van der Waals surface area contributed by atoms with Crippen molar-refractivity contribution in [2.75, 3.05) is 26.2 Å². The van der Waals surface area contributed by atoms with Crippen molar-refractivity contribution in [1.29, 1.82) is 0 Å². The first-order valence-electron chi connectivity index (χ1n) is 10.6. The summed E-state index contributed by atoms with van der Waals surface area (Å²) >= 11 is 6.09. The van der Waals surface area contributed by atoms with Gasteiger partial charge in [-0.1, -0.05) is 41.9 Å². The molecule has 0 aliphatic carbocycles. The van der Waals surface area contributed by atoms with Gasteiger partial charge in [-0.15, -0.1) is 0 Å². The van der Waals surface area contributed by atoms with Gasteiger partial charge in [0.1, 0.15) is 6.04 Å². The molecule has 0 radical (unpaired) electrons. The van der Waals surface area contributed by atoms with Gasteiger partial charge in [-0.25, -0.2) is 0 Å². The van der Waals surface area contributed by atoms with Crippen LogP contribution in [0.5, 0.6) is 0 Å². The fourth-order valence-electron chi connectivity index (χ4n) is 4.21. The van der Waals surface area contributed by atoms with Gasteiger partial charge in [-0.3, -0.25) is 14.5 Å². The summed E-state index contributed by atoms with van der Waals surface area (Å²) < 4.78 is 0. The summed E-state index contributed by atoms with van der Waals surface area (Å²) in [5.74, 6) is -0.222. The number of para-hydroxylation sites is 1. The molecule has 3 aromatic rings. The molecule has 7 heteroatoms. The number of benzene rings is 2. The number of nitrogens with zero attached hydrogens (tertiary/aromatic N) is 2. The topological polar surface area (TPSA) is 68.4 Å². The van der Waals surface area contributed by atoms with E-state index in [9.17, 15) is 9.59 Å². The van der Waals surface area contributed by atoms with Crippen LogP contribution in [0.2, 0.25) is 5.02 Å². The molecule has 0 saturated carbocycles. The molecular weight excluding hydrogens is 412 g/mol. The lowest BCUT2D eigenvalue weighted by molar-refractivity contribution is -0.137. The van der Waals surface area contributed by atoms with Crippen LogP contribution in [-0.2, 0) is 22.6 Å². The van der Waals surface area contributed by atoms with Crippen LogP contribution in [0.1, 0.15) is 18.1 Å². The molecule has 1 unspecified atom stereocenters. The van der Waals surface area contributed by atoms with Crippen LogP contribution in [0.15, 0.2) is 54.7 Å². The Kier molecular flexibility index (Phi) is 6.59. The number of H-pyrrole nitrogens is 1. The number of aromatic amines is 1. The Morgan fingerprint density at radius 1 is 1.10 bits per heavy atom. The van der Waals surface area contributed by atoms with Gasteiger partial charge in [-0.05, 0) is 29.3 Å². The molecule has 6 nitrogen and oxygen atoms in total. The number of carbonyl (C=O) groups excluding carboxylic acids is 2. The number of fused-ring (bicyclic) bond motifs is 1. The second-order valence-electron chi connectivity index (χ2n) is 8.05. The standard InChI is InChI=1S/C24H27ClN4O2/c1-17(30)27-23(14-19-15-26-22-8-3-2-7-21(19)22)24(31)29-11-9-28(10-12-29)16-18-5-4-6-20(25)13-18/h2-8,13,15,23,26H,9-12,14,16H2,1H3,(H,27,30). The van der Waals surface area contributed by atoms with Crippen molar-refractivity contribution in [3.05, 3.63) is 70.9 Å². The van der Waals surface area contributed by atoms with Crippen molar-refractivity contribution in [3.8, 4) is 0 Å². The van der Waals surface area contributed by atoms with E-state index in [4.69, 9.17) is 11.6 Å². The molecule has 1 saturated heterocycles. The zero-order valence-corrected chi connectivity index (χ0v) is 18.4. The van der Waals surface area contributed by atoms with Gasteiger partial charge in [0.2, 0.25) is 11.8 Å². The van der Waals surface area contributed by atoms with Gasteiger partial charge in [0.05, 0.1) is 0 Å². The summed E-state index contributed by atoms with van der Waals surface area (Å²) in [4.78, 5) is 32.5. The maximum Gasteiger partial charge on any atom is 0.245 e. The first-order chi connectivity index (χ1) is 15.0. The Bertz CT molecular complexity index is 1070. The van der Waals surface area contributed by atoms with E-state index in [1.165, 1.54) is 12.5 Å². The number of hydrogen-bond donors (Lipinski definition) is 2. The molecule has 2 N–H and O–H groups in total. The van der Waals surface area contributed by atoms with E-state index >= 15 is 0 Å². The van der Waals surface area contributed by atoms with Crippen molar-refractivity contribution in [3.63, 3.8) is 0 Å². The van der Waals surface area contributed by atoms with Crippen molar-refractivity contribution in [2.24, 2.45) is 0 Å². The van der Waals surface area contributed by atoms with Crippen LogP contribution in [0.25, 0.3) is 10.9 Å². The summed E-state index contributed by atoms with van der Waals surface area (Å²) in [6.45, 7) is 5.13. The second kappa shape index (κ2) is 9.54. The van der Waals surface area contributed by atoms with Crippen LogP contribution >= 0.6 is 11.6 Å². The lowest BCUT2D eigenvalue weighted by Crippen LogP contribution is -2.55. The Morgan fingerprint density at radius 3 is 2.61 bits per heavy atom. The number of nitrogens with one attached hydrogen (secondary N) is 2. The molecule has 2 amide bonds. The molecule has 1 fully saturated rings. The third kappa shape index (κ3) is 5.27. The first-order valence-corrected chi connectivity index (χ1v) is 10.9. The molecule has 162 valence electrons. The Hall–Kier alpha value is -2.83. The van der Waals surface area contributed by atoms with E-state index < -0.39 is 6.04 Å². The van der Waals surface area contributed by atoms with E-state index in [1.807, 2.05) is 53.6 Å². The van der Waals surface area contributed by atoms with Crippen LogP contribution in [0.3, 0.4) is 0 Å². The Balaban J connectivity index is 1.40. The largest absolute Gasteiger partial charge is 0.361 e. The second-order valence-corrected chi connectivity index (χ2v) is 8.48. The van der Waals surface area contributed by atoms with Crippen LogP contribution in [0, 0.1) is 0 Å². The number of piperazine rings is 1. The lowest BCUT2D eigenvalue weighted by Gasteiger charge is -2.36. The third-order valence-electron chi connectivity index (χ3n) is 5.75. The fourth-order valence-corrected chi connectivity index (χ4v) is 4.42. The number of rotatable bonds is 6. The monoisotopic (exact) mass is 438 g/mol. The maximum absolute atomic E-state index is 13.3. The van der Waals surface area contributed by atoms with Gasteiger partial charge in [0.15, 0.2) is 0 Å². The summed E-state index contributed by atoms with van der Waals surface area (Å²) in [6.07, 6.45) is 2.39. The summed E-state index contributed by atoms with van der Waals surface area (Å²) in [6, 6.07) is 15.3. The Labute approximate surface area is 187 Å². The SMILES string of the molecule is CC(=O)NC(Cc1c[nH]c2ccccc12)C(=O)N1CCN(Cc2cccc(Cl)c2)CC1. The zero-order chi connectivity index (χ0) is 21.8. The lowest BCUT2D eigenvalue weighted by atomic mass is 10.0. The minimum Gasteiger partial charge on any atom is -0.361 e. The smallest absolute Gasteiger partial charge is 0.245 e. The van der Waals surface area contributed by atoms with E-state index in [0.29, 0.717) is 19.5 Å². The molecule has 1 aliphatic rings. The number of carbonyl (C=O) groups is 2. The molecule has 2 heterocycles. The van der Waals surface area contributed by atoms with E-state index in [-0.39, 0.29) is 11.8 Å². The minimum absolute atomic E-state index is 0.0251. The predicted molar refractivity (Wildman–Crippen MR) is 123 cm³/mol. The first kappa shape index (κ1) is 21.4. The summed E-state index contributed by atoms with van der Waals surface area (Å²) in [5, 5.41) is 4.68. The average Bonchev–Trinajstić information content (AvgIpc) is 3.16. The number of amides is 2.